The van der Waals surface area contributed by atoms with Gasteiger partial charge in [0.25, 0.3) is 5.91 Å². The van der Waals surface area contributed by atoms with Crippen LogP contribution in [0.3, 0.4) is 0 Å². The maximum Gasteiger partial charge on any atom is 0.253 e. The van der Waals surface area contributed by atoms with Gasteiger partial charge in [0.05, 0.1) is 32.5 Å². The first-order chi connectivity index (χ1) is 15.4. The van der Waals surface area contributed by atoms with Crippen LogP contribution in [0, 0.1) is 0 Å². The highest BCUT2D eigenvalue weighted by Gasteiger charge is 2.23. The van der Waals surface area contributed by atoms with Gasteiger partial charge in [0.1, 0.15) is 11.8 Å². The third-order valence-corrected chi connectivity index (χ3v) is 6.14. The van der Waals surface area contributed by atoms with E-state index in [2.05, 4.69) is 5.32 Å². The fourth-order valence-corrected chi connectivity index (χ4v) is 4.20. The van der Waals surface area contributed by atoms with Crippen LogP contribution in [0.5, 0.6) is 17.2 Å². The van der Waals surface area contributed by atoms with Gasteiger partial charge in [-0.2, -0.15) is 11.8 Å². The summed E-state index contributed by atoms with van der Waals surface area (Å²) < 4.78 is 15.9. The monoisotopic (exact) mass is 478 g/mol. The van der Waals surface area contributed by atoms with Gasteiger partial charge >= 0.3 is 0 Å². The lowest BCUT2D eigenvalue weighted by atomic mass is 10.1. The lowest BCUT2D eigenvalue weighted by Crippen LogP contribution is -2.44. The standard InChI is InChI=1S/C22H26N2O6S2/c1-28-16-12-18(30-3)17(29-2)11-14(16)22(27)32-19-8-6-5-7-13(19)21(26)24-15(20(23)25)9-10-31-4/h5-8,11-12,15H,9-10H2,1-4H3,(H2,23,25)(H,24,26)/t15-/m0/s1. The molecule has 172 valence electrons. The molecule has 0 aliphatic heterocycles. The average molecular weight is 479 g/mol. The van der Waals surface area contributed by atoms with E-state index in [4.69, 9.17) is 19.9 Å². The number of nitrogens with two attached hydrogens (primary N) is 1. The molecule has 10 heteroatoms. The molecule has 2 rings (SSSR count). The smallest absolute Gasteiger partial charge is 0.253 e. The second-order valence-electron chi connectivity index (χ2n) is 6.50. The molecule has 0 aliphatic carbocycles. The number of nitrogens with one attached hydrogen (secondary N) is 1. The number of amides is 2. The number of primary amides is 1. The number of carbonyl (C=O) groups excluding carboxylic acids is 3. The summed E-state index contributed by atoms with van der Waals surface area (Å²) in [5, 5.41) is 2.31. The molecular weight excluding hydrogens is 452 g/mol. The van der Waals surface area contributed by atoms with E-state index in [9.17, 15) is 14.4 Å². The number of hydrogen-bond acceptors (Lipinski definition) is 8. The van der Waals surface area contributed by atoms with Crippen molar-refractivity contribution in [1.82, 2.24) is 5.32 Å². The highest BCUT2D eigenvalue weighted by Crippen LogP contribution is 2.38. The van der Waals surface area contributed by atoms with Crippen LogP contribution in [-0.2, 0) is 4.79 Å². The minimum atomic E-state index is -0.797. The highest BCUT2D eigenvalue weighted by molar-refractivity contribution is 8.14. The molecule has 0 saturated carbocycles. The van der Waals surface area contributed by atoms with Crippen LogP contribution in [0.4, 0.5) is 0 Å². The lowest BCUT2D eigenvalue weighted by Gasteiger charge is -2.16. The van der Waals surface area contributed by atoms with Crippen LogP contribution in [-0.4, -0.2) is 56.3 Å². The molecule has 0 fully saturated rings. The van der Waals surface area contributed by atoms with Crippen LogP contribution in [0.2, 0.25) is 0 Å². The largest absolute Gasteiger partial charge is 0.496 e. The van der Waals surface area contributed by atoms with Crippen molar-refractivity contribution in [2.24, 2.45) is 5.73 Å². The molecule has 0 radical (unpaired) electrons. The molecule has 2 aromatic carbocycles. The molecule has 0 aliphatic rings. The Balaban J connectivity index is 2.31. The Morgan fingerprint density at radius 1 is 0.969 bits per heavy atom. The zero-order valence-electron chi connectivity index (χ0n) is 18.3. The van der Waals surface area contributed by atoms with Gasteiger partial charge < -0.3 is 25.3 Å². The zero-order chi connectivity index (χ0) is 23.7. The van der Waals surface area contributed by atoms with Gasteiger partial charge in [-0.3, -0.25) is 14.4 Å². The van der Waals surface area contributed by atoms with Crippen molar-refractivity contribution in [3.8, 4) is 17.2 Å². The first-order valence-electron chi connectivity index (χ1n) is 9.56. The molecule has 2 amide bonds. The maximum atomic E-state index is 13.1. The summed E-state index contributed by atoms with van der Waals surface area (Å²) in [6, 6.07) is 8.94. The number of rotatable bonds is 11. The molecule has 0 saturated heterocycles. The van der Waals surface area contributed by atoms with E-state index in [1.165, 1.54) is 27.4 Å². The fraction of sp³-hybridized carbons (Fsp3) is 0.318. The summed E-state index contributed by atoms with van der Waals surface area (Å²) in [6.45, 7) is 0. The van der Waals surface area contributed by atoms with Crippen LogP contribution in [0.1, 0.15) is 27.1 Å². The minimum Gasteiger partial charge on any atom is -0.496 e. The summed E-state index contributed by atoms with van der Waals surface area (Å²) in [7, 11) is 4.40. The zero-order valence-corrected chi connectivity index (χ0v) is 19.9. The Kier molecular flexibility index (Phi) is 9.73. The molecule has 32 heavy (non-hydrogen) atoms. The molecule has 0 aromatic heterocycles. The second kappa shape index (κ2) is 12.3. The Bertz CT molecular complexity index is 983. The van der Waals surface area contributed by atoms with Crippen molar-refractivity contribution in [3.63, 3.8) is 0 Å². The summed E-state index contributed by atoms with van der Waals surface area (Å²) in [5.41, 5.74) is 5.95. The molecule has 0 bridgehead atoms. The summed E-state index contributed by atoms with van der Waals surface area (Å²) in [5.74, 6) is 0.693. The SMILES string of the molecule is COc1cc(OC)c(C(=O)Sc2ccccc2C(=O)N[C@@H](CCSC)C(N)=O)cc1OC. The van der Waals surface area contributed by atoms with Crippen molar-refractivity contribution in [3.05, 3.63) is 47.5 Å². The molecule has 3 N–H and O–H groups in total. The number of benzene rings is 2. The molecule has 2 aromatic rings. The second-order valence-corrected chi connectivity index (χ2v) is 8.50. The predicted molar refractivity (Wildman–Crippen MR) is 126 cm³/mol. The first-order valence-corrected chi connectivity index (χ1v) is 11.8. The molecule has 8 nitrogen and oxygen atoms in total. The molecular formula is C22H26N2O6S2. The molecule has 1 atom stereocenters. The Morgan fingerprint density at radius 3 is 2.19 bits per heavy atom. The molecule has 0 unspecified atom stereocenters. The van der Waals surface area contributed by atoms with Crippen molar-refractivity contribution >= 4 is 40.5 Å². The lowest BCUT2D eigenvalue weighted by molar-refractivity contribution is -0.119. The summed E-state index contributed by atoms with van der Waals surface area (Å²) >= 11 is 2.42. The first kappa shape index (κ1) is 25.4. The maximum absolute atomic E-state index is 13.1. The van der Waals surface area contributed by atoms with E-state index in [1.807, 2.05) is 6.26 Å². The third-order valence-electron chi connectivity index (χ3n) is 4.52. The summed E-state index contributed by atoms with van der Waals surface area (Å²) in [4.78, 5) is 38.1. The van der Waals surface area contributed by atoms with Gasteiger partial charge in [-0.1, -0.05) is 12.1 Å². The van der Waals surface area contributed by atoms with E-state index in [0.717, 1.165) is 11.8 Å². The Hall–Kier alpha value is -2.85. The van der Waals surface area contributed by atoms with Crippen molar-refractivity contribution in [2.75, 3.05) is 33.3 Å². The van der Waals surface area contributed by atoms with E-state index in [0.29, 0.717) is 34.3 Å². The van der Waals surface area contributed by atoms with Crippen molar-refractivity contribution in [1.29, 1.82) is 0 Å². The summed E-state index contributed by atoms with van der Waals surface area (Å²) in [6.07, 6.45) is 2.32. The van der Waals surface area contributed by atoms with E-state index in [-0.39, 0.29) is 16.2 Å². The van der Waals surface area contributed by atoms with E-state index >= 15 is 0 Å². The van der Waals surface area contributed by atoms with Gasteiger partial charge in [-0.05, 0) is 48.4 Å². The molecule has 0 heterocycles. The quantitative estimate of drug-likeness (QED) is 0.474. The normalized spacial score (nSPS) is 11.4. The minimum absolute atomic E-state index is 0.264. The number of hydrogen-bond donors (Lipinski definition) is 2. The Labute approximate surface area is 195 Å². The number of carbonyl (C=O) groups is 3. The third kappa shape index (κ3) is 6.33. The van der Waals surface area contributed by atoms with Crippen LogP contribution in [0.25, 0.3) is 0 Å². The fourth-order valence-electron chi connectivity index (χ4n) is 2.84. The van der Waals surface area contributed by atoms with Gasteiger partial charge in [-0.25, -0.2) is 0 Å². The number of methoxy groups -OCH3 is 3. The average Bonchev–Trinajstić information content (AvgIpc) is 2.80. The van der Waals surface area contributed by atoms with Crippen molar-refractivity contribution in [2.45, 2.75) is 17.4 Å². The van der Waals surface area contributed by atoms with Gasteiger partial charge in [0.15, 0.2) is 11.5 Å². The van der Waals surface area contributed by atoms with E-state index < -0.39 is 17.9 Å². The Morgan fingerprint density at radius 2 is 1.59 bits per heavy atom. The van der Waals surface area contributed by atoms with Gasteiger partial charge in [0.2, 0.25) is 11.0 Å². The topological polar surface area (TPSA) is 117 Å². The highest BCUT2D eigenvalue weighted by atomic mass is 32.2. The molecule has 0 spiro atoms. The van der Waals surface area contributed by atoms with Crippen LogP contribution < -0.4 is 25.3 Å². The number of ether oxygens (including phenoxy) is 3. The van der Waals surface area contributed by atoms with Gasteiger partial charge in [-0.15, -0.1) is 0 Å². The number of thioether (sulfide) groups is 2. The van der Waals surface area contributed by atoms with Crippen LogP contribution in [0.15, 0.2) is 41.3 Å². The van der Waals surface area contributed by atoms with Gasteiger partial charge in [0, 0.05) is 11.0 Å². The van der Waals surface area contributed by atoms with Crippen LogP contribution >= 0.6 is 23.5 Å². The van der Waals surface area contributed by atoms with E-state index in [1.54, 1.807) is 42.1 Å². The predicted octanol–water partition coefficient (Wildman–Crippen LogP) is 2.98. The van der Waals surface area contributed by atoms with Crippen molar-refractivity contribution < 1.29 is 28.6 Å².